The van der Waals surface area contributed by atoms with Gasteiger partial charge < -0.3 is 10.2 Å². The number of para-hydroxylation sites is 1. The van der Waals surface area contributed by atoms with Crippen LogP contribution in [-0.2, 0) is 17.3 Å². The molecule has 2 aliphatic heterocycles. The minimum absolute atomic E-state index is 0.0711. The molecule has 31 heavy (non-hydrogen) atoms. The zero-order valence-electron chi connectivity index (χ0n) is 17.2. The summed E-state index contributed by atoms with van der Waals surface area (Å²) in [5.74, 6) is 1.01. The molecule has 1 aliphatic carbocycles. The van der Waals surface area contributed by atoms with Crippen molar-refractivity contribution >= 4 is 17.5 Å². The number of benzene rings is 1. The van der Waals surface area contributed by atoms with E-state index in [-0.39, 0.29) is 11.8 Å². The van der Waals surface area contributed by atoms with Crippen LogP contribution < -0.4 is 5.32 Å². The topological polar surface area (TPSA) is 93.0 Å². The maximum absolute atomic E-state index is 13.6. The Morgan fingerprint density at radius 2 is 1.94 bits per heavy atom. The number of likely N-dealkylation sites (tertiary alicyclic amines) is 1. The highest BCUT2D eigenvalue weighted by molar-refractivity contribution is 6.08. The summed E-state index contributed by atoms with van der Waals surface area (Å²) in [6.07, 6.45) is 9.65. The number of aromatic nitrogens is 4. The molecule has 4 heterocycles. The van der Waals surface area contributed by atoms with Gasteiger partial charge in [-0.25, -0.2) is 9.97 Å². The van der Waals surface area contributed by atoms with Gasteiger partial charge in [-0.3, -0.25) is 14.3 Å². The summed E-state index contributed by atoms with van der Waals surface area (Å²) in [6.45, 7) is 0.463. The van der Waals surface area contributed by atoms with Crippen LogP contribution in [0.4, 0.5) is 5.69 Å². The Kier molecular flexibility index (Phi) is 3.81. The number of aryl methyl sites for hydroxylation is 1. The second-order valence-corrected chi connectivity index (χ2v) is 8.67. The first-order valence-electron chi connectivity index (χ1n) is 10.6. The third-order valence-corrected chi connectivity index (χ3v) is 6.75. The average molecular weight is 414 g/mol. The number of anilines is 1. The number of nitrogens with zero attached hydrogens (tertiary/aromatic N) is 5. The average Bonchev–Trinajstić information content (AvgIpc) is 3.33. The molecule has 8 nitrogen and oxygen atoms in total. The molecule has 6 rings (SSSR count). The fraction of sp³-hybridized carbons (Fsp3) is 0.348. The molecule has 1 saturated carbocycles. The monoisotopic (exact) mass is 414 g/mol. The van der Waals surface area contributed by atoms with E-state index < -0.39 is 11.5 Å². The Labute approximate surface area is 179 Å². The number of hydrogen-bond acceptors (Lipinski definition) is 5. The predicted octanol–water partition coefficient (Wildman–Crippen LogP) is 2.56. The second kappa shape index (κ2) is 6.47. The van der Waals surface area contributed by atoms with E-state index in [0.717, 1.165) is 35.5 Å². The summed E-state index contributed by atoms with van der Waals surface area (Å²) in [7, 11) is 1.84. The molecule has 156 valence electrons. The van der Waals surface area contributed by atoms with Crippen LogP contribution in [0.5, 0.6) is 0 Å². The van der Waals surface area contributed by atoms with Gasteiger partial charge in [0, 0.05) is 49.4 Å². The summed E-state index contributed by atoms with van der Waals surface area (Å²) in [5.41, 5.74) is 2.19. The highest BCUT2D eigenvalue weighted by Gasteiger charge is 2.59. The SMILES string of the molecule is Cn1cc([C@@H]2N(C(=O)c3cnc(C4CC4)nc3)CC[C@]23C(=O)Nc2ccccc23)cn1. The molecule has 2 aromatic heterocycles. The molecular weight excluding hydrogens is 392 g/mol. The van der Waals surface area contributed by atoms with E-state index in [1.807, 2.05) is 37.5 Å². The summed E-state index contributed by atoms with van der Waals surface area (Å²) >= 11 is 0. The lowest BCUT2D eigenvalue weighted by atomic mass is 9.73. The van der Waals surface area contributed by atoms with E-state index in [4.69, 9.17) is 0 Å². The van der Waals surface area contributed by atoms with Crippen molar-refractivity contribution in [2.24, 2.45) is 7.05 Å². The van der Waals surface area contributed by atoms with Crippen LogP contribution >= 0.6 is 0 Å². The van der Waals surface area contributed by atoms with Gasteiger partial charge in [0.1, 0.15) is 11.2 Å². The number of amides is 2. The smallest absolute Gasteiger partial charge is 0.257 e. The second-order valence-electron chi connectivity index (χ2n) is 8.67. The summed E-state index contributed by atoms with van der Waals surface area (Å²) in [5, 5.41) is 7.36. The maximum atomic E-state index is 13.6. The molecule has 2 amide bonds. The van der Waals surface area contributed by atoms with Gasteiger partial charge in [-0.05, 0) is 30.9 Å². The first kappa shape index (κ1) is 18.2. The normalized spacial score (nSPS) is 24.5. The van der Waals surface area contributed by atoms with Crippen molar-refractivity contribution in [3.63, 3.8) is 0 Å². The first-order valence-corrected chi connectivity index (χ1v) is 10.6. The molecule has 3 aromatic rings. The van der Waals surface area contributed by atoms with Gasteiger partial charge in [-0.15, -0.1) is 0 Å². The highest BCUT2D eigenvalue weighted by atomic mass is 16.2. The van der Waals surface area contributed by atoms with Gasteiger partial charge in [-0.1, -0.05) is 18.2 Å². The van der Waals surface area contributed by atoms with Crippen LogP contribution in [0, 0.1) is 0 Å². The molecule has 1 saturated heterocycles. The van der Waals surface area contributed by atoms with Gasteiger partial charge in [0.25, 0.3) is 5.91 Å². The van der Waals surface area contributed by atoms with Crippen LogP contribution in [0.25, 0.3) is 0 Å². The van der Waals surface area contributed by atoms with Crippen LogP contribution in [0.1, 0.15) is 58.5 Å². The number of fused-ring (bicyclic) bond motifs is 2. The molecule has 2 atom stereocenters. The fourth-order valence-electron chi connectivity index (χ4n) is 5.12. The number of carbonyl (C=O) groups is 2. The molecule has 1 spiro atoms. The highest BCUT2D eigenvalue weighted by Crippen LogP contribution is 2.54. The van der Waals surface area contributed by atoms with Crippen molar-refractivity contribution in [1.29, 1.82) is 0 Å². The van der Waals surface area contributed by atoms with Gasteiger partial charge in [0.15, 0.2) is 0 Å². The van der Waals surface area contributed by atoms with Gasteiger partial charge in [0.2, 0.25) is 5.91 Å². The van der Waals surface area contributed by atoms with E-state index in [9.17, 15) is 9.59 Å². The summed E-state index contributed by atoms with van der Waals surface area (Å²) < 4.78 is 1.70. The maximum Gasteiger partial charge on any atom is 0.257 e. The largest absolute Gasteiger partial charge is 0.330 e. The quantitative estimate of drug-likeness (QED) is 0.711. The first-order chi connectivity index (χ1) is 15.1. The minimum Gasteiger partial charge on any atom is -0.330 e. The third kappa shape index (κ3) is 2.64. The van der Waals surface area contributed by atoms with Crippen molar-refractivity contribution in [1.82, 2.24) is 24.6 Å². The van der Waals surface area contributed by atoms with Gasteiger partial charge >= 0.3 is 0 Å². The van der Waals surface area contributed by atoms with Crippen LogP contribution in [0.3, 0.4) is 0 Å². The molecule has 3 aliphatic rings. The van der Waals surface area contributed by atoms with Crippen molar-refractivity contribution < 1.29 is 9.59 Å². The fourth-order valence-corrected chi connectivity index (χ4v) is 5.12. The van der Waals surface area contributed by atoms with Crippen molar-refractivity contribution in [2.75, 3.05) is 11.9 Å². The predicted molar refractivity (Wildman–Crippen MR) is 112 cm³/mol. The molecule has 2 fully saturated rings. The van der Waals surface area contributed by atoms with Gasteiger partial charge in [0.05, 0.1) is 17.8 Å². The number of nitrogens with one attached hydrogen (secondary N) is 1. The van der Waals surface area contributed by atoms with E-state index in [1.54, 1.807) is 28.2 Å². The molecule has 0 radical (unpaired) electrons. The van der Waals surface area contributed by atoms with Crippen LogP contribution in [-0.4, -0.2) is 43.0 Å². The van der Waals surface area contributed by atoms with E-state index in [1.165, 1.54) is 0 Å². The van der Waals surface area contributed by atoms with Crippen LogP contribution in [0.15, 0.2) is 49.1 Å². The number of rotatable bonds is 3. The Bertz CT molecular complexity index is 1200. The van der Waals surface area contributed by atoms with E-state index in [0.29, 0.717) is 24.4 Å². The van der Waals surface area contributed by atoms with E-state index >= 15 is 0 Å². The summed E-state index contributed by atoms with van der Waals surface area (Å²) in [4.78, 5) is 37.6. The molecule has 0 bridgehead atoms. The summed E-state index contributed by atoms with van der Waals surface area (Å²) in [6, 6.07) is 7.29. The lowest BCUT2D eigenvalue weighted by Crippen LogP contribution is -2.42. The standard InChI is InChI=1S/C23H22N6O2/c1-28-13-16(12-26-28)19-23(17-4-2-3-5-18(17)27-22(23)31)8-9-29(19)21(30)15-10-24-20(25-11-15)14-6-7-14/h2-5,10-14,19H,6-9H2,1H3,(H,27,31)/t19-,23+/m0/s1. The van der Waals surface area contributed by atoms with Crippen molar-refractivity contribution in [3.05, 3.63) is 71.6 Å². The molecule has 1 N–H and O–H groups in total. The van der Waals surface area contributed by atoms with Gasteiger partial charge in [-0.2, -0.15) is 5.10 Å². The molecule has 1 aromatic carbocycles. The number of hydrogen-bond donors (Lipinski definition) is 1. The third-order valence-electron chi connectivity index (χ3n) is 6.75. The Balaban J connectivity index is 1.44. The Morgan fingerprint density at radius 3 is 2.65 bits per heavy atom. The zero-order valence-corrected chi connectivity index (χ0v) is 17.2. The Morgan fingerprint density at radius 1 is 1.16 bits per heavy atom. The van der Waals surface area contributed by atoms with Crippen LogP contribution in [0.2, 0.25) is 0 Å². The minimum atomic E-state index is -0.843. The van der Waals surface area contributed by atoms with Crippen molar-refractivity contribution in [3.8, 4) is 0 Å². The number of carbonyl (C=O) groups excluding carboxylic acids is 2. The Hall–Kier alpha value is -3.55. The zero-order chi connectivity index (χ0) is 21.2. The lowest BCUT2D eigenvalue weighted by Gasteiger charge is -2.33. The van der Waals surface area contributed by atoms with Crippen molar-refractivity contribution in [2.45, 2.75) is 36.6 Å². The molecule has 8 heteroatoms. The van der Waals surface area contributed by atoms with E-state index in [2.05, 4.69) is 20.4 Å². The lowest BCUT2D eigenvalue weighted by molar-refractivity contribution is -0.121. The molecule has 0 unspecified atom stereocenters. The molecular formula is C23H22N6O2.